The maximum atomic E-state index is 4.98. The molecule has 33 heavy (non-hydrogen) atoms. The monoisotopic (exact) mass is 450 g/mol. The number of pyridine rings is 2. The topological polar surface area (TPSA) is 73.5 Å². The molecule has 0 amide bonds. The van der Waals surface area contributed by atoms with Gasteiger partial charge in [0.15, 0.2) is 0 Å². The fourth-order valence-corrected chi connectivity index (χ4v) is 5.02. The van der Waals surface area contributed by atoms with Crippen LogP contribution in [-0.2, 0) is 6.54 Å². The number of hydrogen-bond acceptors (Lipinski definition) is 5. The third-order valence-corrected chi connectivity index (χ3v) is 6.61. The van der Waals surface area contributed by atoms with Gasteiger partial charge in [0.2, 0.25) is 0 Å². The van der Waals surface area contributed by atoms with Crippen LogP contribution in [0.3, 0.4) is 0 Å². The Morgan fingerprint density at radius 1 is 0.970 bits per heavy atom. The van der Waals surface area contributed by atoms with Crippen LogP contribution in [0.1, 0.15) is 5.56 Å². The van der Waals surface area contributed by atoms with Crippen LogP contribution in [0.4, 0.5) is 0 Å². The van der Waals surface area contributed by atoms with Gasteiger partial charge in [-0.1, -0.05) is 18.2 Å². The highest BCUT2D eigenvalue weighted by atomic mass is 32.1. The van der Waals surface area contributed by atoms with E-state index in [0.29, 0.717) is 0 Å². The predicted molar refractivity (Wildman–Crippen MR) is 135 cm³/mol. The van der Waals surface area contributed by atoms with Gasteiger partial charge < -0.3 is 9.88 Å². The summed E-state index contributed by atoms with van der Waals surface area (Å²) in [6, 6.07) is 19.0. The number of hydrogen-bond donors (Lipinski definition) is 2. The zero-order valence-corrected chi connectivity index (χ0v) is 19.1. The molecule has 6 rings (SSSR count). The van der Waals surface area contributed by atoms with Gasteiger partial charge in [0.1, 0.15) is 11.2 Å². The van der Waals surface area contributed by atoms with E-state index < -0.39 is 0 Å². The van der Waals surface area contributed by atoms with E-state index in [4.69, 9.17) is 4.98 Å². The lowest BCUT2D eigenvalue weighted by molar-refractivity contribution is 0.402. The highest BCUT2D eigenvalue weighted by Crippen LogP contribution is 2.35. The van der Waals surface area contributed by atoms with Crippen LogP contribution in [0.15, 0.2) is 72.4 Å². The Bertz CT molecular complexity index is 1580. The quantitative estimate of drug-likeness (QED) is 0.340. The molecule has 0 atom stereocenters. The zero-order valence-electron chi connectivity index (χ0n) is 18.3. The third-order valence-electron chi connectivity index (χ3n) is 5.70. The van der Waals surface area contributed by atoms with E-state index in [1.807, 2.05) is 24.5 Å². The fourth-order valence-electron chi connectivity index (χ4n) is 4.26. The molecule has 5 aromatic heterocycles. The van der Waals surface area contributed by atoms with Crippen LogP contribution >= 0.6 is 11.3 Å². The second-order valence-electron chi connectivity index (χ2n) is 8.41. The summed E-state index contributed by atoms with van der Waals surface area (Å²) < 4.78 is 0. The summed E-state index contributed by atoms with van der Waals surface area (Å²) in [5.74, 6) is 0. The summed E-state index contributed by atoms with van der Waals surface area (Å²) in [6.45, 7) is 0.835. The first-order valence-corrected chi connectivity index (χ1v) is 11.6. The standard InChI is InChI=1S/C26H22N6S/c1-32(2)15-16-11-17(14-27-13-16)20-8-9-22-25(29-20)26(31-30-22)23-12-19-18(24-7-4-10-33-24)5-3-6-21(19)28-23/h3-14,28H,15H2,1-2H3,(H,30,31). The van der Waals surface area contributed by atoms with Crippen molar-refractivity contribution in [2.24, 2.45) is 0 Å². The predicted octanol–water partition coefficient (Wildman–Crippen LogP) is 5.96. The van der Waals surface area contributed by atoms with Crippen molar-refractivity contribution in [1.29, 1.82) is 0 Å². The van der Waals surface area contributed by atoms with E-state index in [2.05, 4.69) is 87.0 Å². The Balaban J connectivity index is 1.45. The van der Waals surface area contributed by atoms with Gasteiger partial charge in [0.05, 0.1) is 16.9 Å². The van der Waals surface area contributed by atoms with Gasteiger partial charge in [0.25, 0.3) is 0 Å². The molecule has 0 saturated carbocycles. The lowest BCUT2D eigenvalue weighted by Crippen LogP contribution is -2.10. The molecular formula is C26H22N6S. The van der Waals surface area contributed by atoms with Crippen LogP contribution in [0.5, 0.6) is 0 Å². The number of fused-ring (bicyclic) bond motifs is 2. The van der Waals surface area contributed by atoms with Crippen LogP contribution in [0.25, 0.3) is 55.0 Å². The third kappa shape index (κ3) is 3.61. The molecule has 0 aliphatic carbocycles. The van der Waals surface area contributed by atoms with E-state index in [0.717, 1.165) is 51.3 Å². The second kappa shape index (κ2) is 7.95. The second-order valence-corrected chi connectivity index (χ2v) is 9.36. The number of thiophene rings is 1. The smallest absolute Gasteiger partial charge is 0.135 e. The van der Waals surface area contributed by atoms with Crippen LogP contribution in [0.2, 0.25) is 0 Å². The Morgan fingerprint density at radius 2 is 1.91 bits per heavy atom. The minimum Gasteiger partial charge on any atom is -0.353 e. The van der Waals surface area contributed by atoms with Gasteiger partial charge in [-0.3, -0.25) is 10.1 Å². The Morgan fingerprint density at radius 3 is 2.76 bits per heavy atom. The minimum atomic E-state index is 0.817. The van der Waals surface area contributed by atoms with Gasteiger partial charge in [-0.2, -0.15) is 5.10 Å². The van der Waals surface area contributed by atoms with Crippen LogP contribution in [0, 0.1) is 0 Å². The summed E-state index contributed by atoms with van der Waals surface area (Å²) in [6.07, 6.45) is 3.77. The van der Waals surface area contributed by atoms with Gasteiger partial charge >= 0.3 is 0 Å². The first-order chi connectivity index (χ1) is 16.2. The largest absolute Gasteiger partial charge is 0.353 e. The molecule has 0 fully saturated rings. The number of aromatic amines is 2. The average molecular weight is 451 g/mol. The molecule has 0 aliphatic heterocycles. The molecule has 0 saturated heterocycles. The molecular weight excluding hydrogens is 428 g/mol. The maximum Gasteiger partial charge on any atom is 0.135 e. The molecule has 2 N–H and O–H groups in total. The van der Waals surface area contributed by atoms with E-state index >= 15 is 0 Å². The van der Waals surface area contributed by atoms with E-state index in [1.54, 1.807) is 11.3 Å². The molecule has 6 aromatic rings. The highest BCUT2D eigenvalue weighted by Gasteiger charge is 2.16. The van der Waals surface area contributed by atoms with Crippen LogP contribution < -0.4 is 0 Å². The summed E-state index contributed by atoms with van der Waals surface area (Å²) in [5.41, 5.74) is 8.86. The highest BCUT2D eigenvalue weighted by molar-refractivity contribution is 7.13. The van der Waals surface area contributed by atoms with Gasteiger partial charge in [-0.15, -0.1) is 11.3 Å². The first-order valence-electron chi connectivity index (χ1n) is 10.8. The number of rotatable bonds is 5. The number of nitrogens with zero attached hydrogens (tertiary/aromatic N) is 4. The minimum absolute atomic E-state index is 0.817. The van der Waals surface area contributed by atoms with Gasteiger partial charge in [-0.25, -0.2) is 4.98 Å². The van der Waals surface area contributed by atoms with Crippen molar-refractivity contribution in [1.82, 2.24) is 30.0 Å². The molecule has 6 nitrogen and oxygen atoms in total. The van der Waals surface area contributed by atoms with Crippen LogP contribution in [-0.4, -0.2) is 44.1 Å². The molecule has 0 bridgehead atoms. The maximum absolute atomic E-state index is 4.98. The fraction of sp³-hybridized carbons (Fsp3) is 0.115. The number of H-pyrrole nitrogens is 2. The lowest BCUT2D eigenvalue weighted by Gasteiger charge is -2.10. The SMILES string of the molecule is CN(C)Cc1cncc(-c2ccc3[nH]nc(-c4cc5c(-c6cccs6)cccc5[nH]4)c3n2)c1. The van der Waals surface area contributed by atoms with Crippen molar-refractivity contribution in [2.75, 3.05) is 14.1 Å². The molecule has 162 valence electrons. The Labute approximate surface area is 195 Å². The van der Waals surface area contributed by atoms with Crippen molar-refractivity contribution in [2.45, 2.75) is 6.54 Å². The molecule has 0 radical (unpaired) electrons. The Hall–Kier alpha value is -3.81. The van der Waals surface area contributed by atoms with Crippen molar-refractivity contribution >= 4 is 33.3 Å². The summed E-state index contributed by atoms with van der Waals surface area (Å²) >= 11 is 1.75. The average Bonchev–Trinajstić information content (AvgIpc) is 3.57. The van der Waals surface area contributed by atoms with Gasteiger partial charge in [-0.05, 0) is 61.4 Å². The number of nitrogens with one attached hydrogen (secondary N) is 2. The van der Waals surface area contributed by atoms with Crippen molar-refractivity contribution in [3.8, 4) is 33.1 Å². The molecule has 0 aliphatic rings. The molecule has 1 aromatic carbocycles. The molecule has 0 unspecified atom stereocenters. The lowest BCUT2D eigenvalue weighted by atomic mass is 10.1. The molecule has 0 spiro atoms. The zero-order chi connectivity index (χ0) is 22.4. The van der Waals surface area contributed by atoms with E-state index in [-0.39, 0.29) is 0 Å². The van der Waals surface area contributed by atoms with E-state index in [1.165, 1.54) is 15.8 Å². The first kappa shape index (κ1) is 19.8. The summed E-state index contributed by atoms with van der Waals surface area (Å²) in [4.78, 5) is 16.3. The summed E-state index contributed by atoms with van der Waals surface area (Å²) in [5, 5.41) is 11.0. The van der Waals surface area contributed by atoms with Gasteiger partial charge in [0, 0.05) is 45.8 Å². The van der Waals surface area contributed by atoms with Crippen molar-refractivity contribution in [3.05, 3.63) is 77.9 Å². The molecule has 7 heteroatoms. The number of aromatic nitrogens is 5. The molecule has 5 heterocycles. The normalized spacial score (nSPS) is 11.7. The van der Waals surface area contributed by atoms with Crippen molar-refractivity contribution < 1.29 is 0 Å². The van der Waals surface area contributed by atoms with E-state index in [9.17, 15) is 0 Å². The van der Waals surface area contributed by atoms with Crippen molar-refractivity contribution in [3.63, 3.8) is 0 Å². The Kier molecular flexibility index (Phi) is 4.78. The summed E-state index contributed by atoms with van der Waals surface area (Å²) in [7, 11) is 4.11. The number of benzene rings is 1.